The smallest absolute Gasteiger partial charge is 0.265 e. The molecule has 0 radical (unpaired) electrons. The molecule has 2 aliphatic heterocycles. The second kappa shape index (κ2) is 8.41. The van der Waals surface area contributed by atoms with Crippen LogP contribution >= 0.6 is 15.9 Å². The average Bonchev–Trinajstić information content (AvgIpc) is 3.18. The van der Waals surface area contributed by atoms with Crippen LogP contribution in [0, 0.1) is 5.92 Å². The van der Waals surface area contributed by atoms with Crippen molar-refractivity contribution in [3.63, 3.8) is 0 Å². The molecule has 8 nitrogen and oxygen atoms in total. The Kier molecular flexibility index (Phi) is 5.83. The zero-order chi connectivity index (χ0) is 22.3. The summed E-state index contributed by atoms with van der Waals surface area (Å²) in [5.74, 6) is -1.58. The molecule has 2 aromatic carbocycles. The molecule has 0 aromatic heterocycles. The number of amides is 3. The Bertz CT molecular complexity index is 1010. The van der Waals surface area contributed by atoms with Crippen molar-refractivity contribution in [2.45, 2.75) is 32.1 Å². The van der Waals surface area contributed by atoms with Crippen LogP contribution in [0.5, 0.6) is 5.75 Å². The summed E-state index contributed by atoms with van der Waals surface area (Å²) in [5, 5.41) is 1.34. The highest BCUT2D eigenvalue weighted by Crippen LogP contribution is 2.45. The molecular weight excluding hydrogens is 466 g/mol. The van der Waals surface area contributed by atoms with E-state index in [1.165, 1.54) is 5.06 Å². The number of carbonyl (C=O) groups is 3. The Hall–Kier alpha value is -2.75. The molecule has 3 unspecified atom stereocenters. The third kappa shape index (κ3) is 4.08. The van der Waals surface area contributed by atoms with Crippen molar-refractivity contribution >= 4 is 39.3 Å². The maximum atomic E-state index is 13.4. The van der Waals surface area contributed by atoms with Gasteiger partial charge in [-0.15, -0.1) is 0 Å². The van der Waals surface area contributed by atoms with Crippen molar-refractivity contribution in [2.24, 2.45) is 11.7 Å². The van der Waals surface area contributed by atoms with E-state index in [1.54, 1.807) is 36.4 Å². The number of nitrogens with two attached hydrogens (primary N) is 1. The average molecular weight is 488 g/mol. The summed E-state index contributed by atoms with van der Waals surface area (Å²) in [6.45, 7) is 3.62. The second-order valence-electron chi connectivity index (χ2n) is 7.76. The number of hydrogen-bond acceptors (Lipinski definition) is 6. The van der Waals surface area contributed by atoms with Crippen molar-refractivity contribution in [1.29, 1.82) is 0 Å². The molecule has 2 heterocycles. The fourth-order valence-corrected chi connectivity index (χ4v) is 4.26. The minimum atomic E-state index is -1.02. The first-order valence-electron chi connectivity index (χ1n) is 9.88. The van der Waals surface area contributed by atoms with Gasteiger partial charge in [-0.2, -0.15) is 5.06 Å². The highest BCUT2D eigenvalue weighted by Gasteiger charge is 2.60. The lowest BCUT2D eigenvalue weighted by Gasteiger charge is -2.26. The lowest BCUT2D eigenvalue weighted by atomic mass is 9.90. The number of imide groups is 1. The molecule has 2 fully saturated rings. The van der Waals surface area contributed by atoms with Crippen LogP contribution in [0.1, 0.15) is 25.5 Å². The number of hydroxylamine groups is 2. The highest BCUT2D eigenvalue weighted by atomic mass is 79.9. The zero-order valence-corrected chi connectivity index (χ0v) is 18.6. The van der Waals surface area contributed by atoms with Gasteiger partial charge in [0.25, 0.3) is 5.91 Å². The van der Waals surface area contributed by atoms with E-state index >= 15 is 0 Å². The number of fused-ring (bicyclic) bond motifs is 1. The van der Waals surface area contributed by atoms with Gasteiger partial charge in [0.1, 0.15) is 12.3 Å². The van der Waals surface area contributed by atoms with Gasteiger partial charge >= 0.3 is 0 Å². The summed E-state index contributed by atoms with van der Waals surface area (Å²) < 4.78 is 6.51. The van der Waals surface area contributed by atoms with Crippen LogP contribution in [-0.4, -0.2) is 41.5 Å². The van der Waals surface area contributed by atoms with E-state index in [-0.39, 0.29) is 18.6 Å². The summed E-state index contributed by atoms with van der Waals surface area (Å²) in [6, 6.07) is 13.5. The van der Waals surface area contributed by atoms with Gasteiger partial charge in [0.15, 0.2) is 6.10 Å². The number of anilines is 1. The van der Waals surface area contributed by atoms with Crippen LogP contribution < -0.4 is 15.4 Å². The molecule has 0 spiro atoms. The van der Waals surface area contributed by atoms with Crippen LogP contribution in [0.3, 0.4) is 0 Å². The summed E-state index contributed by atoms with van der Waals surface area (Å²) in [6.07, 6.45) is -1.00. The molecule has 3 amide bonds. The van der Waals surface area contributed by atoms with Gasteiger partial charge in [-0.3, -0.25) is 19.2 Å². The van der Waals surface area contributed by atoms with Gasteiger partial charge in [-0.05, 0) is 55.8 Å². The van der Waals surface area contributed by atoms with E-state index in [1.807, 2.05) is 26.0 Å². The number of ether oxygens (including phenoxy) is 1. The fraction of sp³-hybridized carbons (Fsp3) is 0.318. The minimum Gasteiger partial charge on any atom is -0.491 e. The highest BCUT2D eigenvalue weighted by molar-refractivity contribution is 9.10. The van der Waals surface area contributed by atoms with Gasteiger partial charge in [-0.25, -0.2) is 4.90 Å². The summed E-state index contributed by atoms with van der Waals surface area (Å²) in [4.78, 5) is 45.0. The fourth-order valence-electron chi connectivity index (χ4n) is 3.99. The van der Waals surface area contributed by atoms with Crippen LogP contribution in [-0.2, 0) is 19.2 Å². The third-order valence-electron chi connectivity index (χ3n) is 5.18. The number of hydrogen-bond donors (Lipinski definition) is 1. The van der Waals surface area contributed by atoms with Crippen LogP contribution in [0.4, 0.5) is 5.69 Å². The molecule has 31 heavy (non-hydrogen) atoms. The molecule has 0 saturated carbocycles. The largest absolute Gasteiger partial charge is 0.491 e. The minimum absolute atomic E-state index is 0.0184. The Morgan fingerprint density at radius 1 is 1.10 bits per heavy atom. The molecule has 2 aliphatic rings. The predicted molar refractivity (Wildman–Crippen MR) is 116 cm³/mol. The normalized spacial score (nSPS) is 23.5. The van der Waals surface area contributed by atoms with E-state index in [2.05, 4.69) is 15.9 Å². The van der Waals surface area contributed by atoms with Crippen molar-refractivity contribution in [3.05, 3.63) is 58.6 Å². The number of nitrogens with zero attached hydrogens (tertiary/aromatic N) is 2. The molecule has 4 rings (SSSR count). The van der Waals surface area contributed by atoms with Crippen LogP contribution in [0.25, 0.3) is 0 Å². The van der Waals surface area contributed by atoms with Crippen molar-refractivity contribution in [2.75, 3.05) is 11.4 Å². The van der Waals surface area contributed by atoms with E-state index in [9.17, 15) is 14.4 Å². The number of primary amides is 1. The van der Waals surface area contributed by atoms with E-state index in [0.29, 0.717) is 11.4 Å². The lowest BCUT2D eigenvalue weighted by Crippen LogP contribution is -2.40. The maximum absolute atomic E-state index is 13.4. The molecule has 0 bridgehead atoms. The SMILES string of the molecule is CC(C)Oc1ccc(C2C3C(=O)N(c4ccc(Br)cc4)C(=O)C3ON2CC(N)=O)cc1. The van der Waals surface area contributed by atoms with Gasteiger partial charge in [0.2, 0.25) is 11.8 Å². The van der Waals surface area contributed by atoms with Gasteiger partial charge in [0.05, 0.1) is 23.8 Å². The van der Waals surface area contributed by atoms with Crippen molar-refractivity contribution in [1.82, 2.24) is 5.06 Å². The molecule has 0 aliphatic carbocycles. The topological polar surface area (TPSA) is 102 Å². The Morgan fingerprint density at radius 3 is 2.32 bits per heavy atom. The van der Waals surface area contributed by atoms with Gasteiger partial charge < -0.3 is 10.5 Å². The van der Waals surface area contributed by atoms with Crippen molar-refractivity contribution in [3.8, 4) is 5.75 Å². The molecule has 2 N–H and O–H groups in total. The summed E-state index contributed by atoms with van der Waals surface area (Å²) in [5.41, 5.74) is 6.57. The Balaban J connectivity index is 1.68. The number of rotatable bonds is 6. The molecule has 2 aromatic rings. The molecular formula is C22H22BrN3O5. The van der Waals surface area contributed by atoms with Gasteiger partial charge in [-0.1, -0.05) is 28.1 Å². The molecule has 162 valence electrons. The van der Waals surface area contributed by atoms with E-state index in [4.69, 9.17) is 15.3 Å². The second-order valence-corrected chi connectivity index (χ2v) is 8.68. The van der Waals surface area contributed by atoms with Gasteiger partial charge in [0, 0.05) is 4.47 Å². The van der Waals surface area contributed by atoms with Crippen LogP contribution in [0.15, 0.2) is 53.0 Å². The number of benzene rings is 2. The first kappa shape index (κ1) is 21.5. The Labute approximate surface area is 188 Å². The Morgan fingerprint density at radius 2 is 1.74 bits per heavy atom. The molecule has 3 atom stereocenters. The predicted octanol–water partition coefficient (Wildman–Crippen LogP) is 2.57. The lowest BCUT2D eigenvalue weighted by molar-refractivity contribution is -0.175. The number of carbonyl (C=O) groups excluding carboxylic acids is 3. The molecule has 9 heteroatoms. The third-order valence-corrected chi connectivity index (χ3v) is 5.71. The maximum Gasteiger partial charge on any atom is 0.265 e. The quantitative estimate of drug-likeness (QED) is 0.628. The van der Waals surface area contributed by atoms with E-state index < -0.39 is 29.9 Å². The first-order chi connectivity index (χ1) is 14.8. The molecule has 2 saturated heterocycles. The summed E-state index contributed by atoms with van der Waals surface area (Å²) in [7, 11) is 0. The van der Waals surface area contributed by atoms with E-state index in [0.717, 1.165) is 14.9 Å². The van der Waals surface area contributed by atoms with Crippen molar-refractivity contribution < 1.29 is 24.0 Å². The monoisotopic (exact) mass is 487 g/mol. The number of halogens is 1. The standard InChI is InChI=1S/C22H22BrN3O5/c1-12(2)30-16-9-3-13(4-10-16)19-18-20(31-25(19)11-17(24)27)22(29)26(21(18)28)15-7-5-14(23)6-8-15/h3-10,12,18-20H,11H2,1-2H3,(H2,24,27). The first-order valence-corrected chi connectivity index (χ1v) is 10.7. The zero-order valence-electron chi connectivity index (χ0n) is 17.0. The van der Waals surface area contributed by atoms with Crippen LogP contribution in [0.2, 0.25) is 0 Å². The summed E-state index contributed by atoms with van der Waals surface area (Å²) >= 11 is 3.35.